The molecule has 78 valence electrons. The van der Waals surface area contributed by atoms with E-state index in [0.29, 0.717) is 0 Å². The van der Waals surface area contributed by atoms with Gasteiger partial charge in [0.15, 0.2) is 0 Å². The SMILES string of the molecule is CC(C)(N[SiH2]CC[SiH3])c1ccccc1. The Bertz CT molecular complexity index is 259. The van der Waals surface area contributed by atoms with Crippen LogP contribution in [0.4, 0.5) is 0 Å². The Morgan fingerprint density at radius 3 is 2.50 bits per heavy atom. The van der Waals surface area contributed by atoms with Gasteiger partial charge in [0.2, 0.25) is 0 Å². The fraction of sp³-hybridized carbons (Fsp3) is 0.455. The summed E-state index contributed by atoms with van der Waals surface area (Å²) in [6.45, 7) is 4.56. The zero-order valence-corrected chi connectivity index (χ0v) is 12.9. The van der Waals surface area contributed by atoms with Crippen molar-refractivity contribution in [2.24, 2.45) is 0 Å². The second-order valence-electron chi connectivity index (χ2n) is 4.27. The zero-order valence-electron chi connectivity index (χ0n) is 9.51. The van der Waals surface area contributed by atoms with Crippen molar-refractivity contribution in [1.82, 2.24) is 4.98 Å². The first-order chi connectivity index (χ1) is 6.67. The molecule has 0 aliphatic heterocycles. The maximum Gasteiger partial charge on any atom is 0.0922 e. The van der Waals surface area contributed by atoms with Crippen LogP contribution in [0.5, 0.6) is 0 Å². The molecule has 0 aliphatic rings. The quantitative estimate of drug-likeness (QED) is 0.575. The fourth-order valence-electron chi connectivity index (χ4n) is 1.53. The number of hydrogen-bond donors (Lipinski definition) is 1. The highest BCUT2D eigenvalue weighted by Crippen LogP contribution is 2.18. The number of hydrogen-bond acceptors (Lipinski definition) is 1. The Morgan fingerprint density at radius 2 is 1.93 bits per heavy atom. The van der Waals surface area contributed by atoms with E-state index in [4.69, 9.17) is 0 Å². The van der Waals surface area contributed by atoms with Crippen LogP contribution in [0.3, 0.4) is 0 Å². The predicted octanol–water partition coefficient (Wildman–Crippen LogP) is 0.797. The normalized spacial score (nSPS) is 12.7. The molecule has 0 bridgehead atoms. The molecule has 0 atom stereocenters. The highest BCUT2D eigenvalue weighted by Gasteiger charge is 2.17. The van der Waals surface area contributed by atoms with E-state index < -0.39 is 0 Å². The molecule has 0 heterocycles. The van der Waals surface area contributed by atoms with Gasteiger partial charge in [0, 0.05) is 15.8 Å². The van der Waals surface area contributed by atoms with Crippen LogP contribution >= 0.6 is 0 Å². The zero-order chi connectivity index (χ0) is 10.4. The van der Waals surface area contributed by atoms with Crippen molar-refractivity contribution < 1.29 is 0 Å². The molecule has 0 fully saturated rings. The lowest BCUT2D eigenvalue weighted by Crippen LogP contribution is -2.38. The van der Waals surface area contributed by atoms with Gasteiger partial charge >= 0.3 is 0 Å². The second-order valence-corrected chi connectivity index (χ2v) is 6.83. The lowest BCUT2D eigenvalue weighted by Gasteiger charge is -2.27. The van der Waals surface area contributed by atoms with Crippen molar-refractivity contribution in [2.75, 3.05) is 0 Å². The molecule has 0 aromatic heterocycles. The largest absolute Gasteiger partial charge is 0.334 e. The van der Waals surface area contributed by atoms with Crippen molar-refractivity contribution in [2.45, 2.75) is 31.5 Å². The topological polar surface area (TPSA) is 12.0 Å². The molecule has 0 unspecified atom stereocenters. The summed E-state index contributed by atoms with van der Waals surface area (Å²) in [5.41, 5.74) is 1.57. The van der Waals surface area contributed by atoms with Crippen molar-refractivity contribution >= 4 is 19.9 Å². The highest BCUT2D eigenvalue weighted by atomic mass is 28.2. The molecule has 1 rings (SSSR count). The Hall–Kier alpha value is -0.386. The molecule has 0 radical (unpaired) electrons. The molecule has 0 amide bonds. The van der Waals surface area contributed by atoms with E-state index in [9.17, 15) is 0 Å². The molecule has 0 saturated carbocycles. The van der Waals surface area contributed by atoms with Crippen molar-refractivity contribution in [3.8, 4) is 0 Å². The highest BCUT2D eigenvalue weighted by molar-refractivity contribution is 6.34. The molecule has 0 saturated heterocycles. The van der Waals surface area contributed by atoms with Crippen LogP contribution in [0.2, 0.25) is 12.1 Å². The van der Waals surface area contributed by atoms with Gasteiger partial charge in [-0.2, -0.15) is 0 Å². The lowest BCUT2D eigenvalue weighted by molar-refractivity contribution is 0.497. The lowest BCUT2D eigenvalue weighted by atomic mass is 9.96. The fourth-order valence-corrected chi connectivity index (χ4v) is 3.95. The van der Waals surface area contributed by atoms with E-state index in [1.54, 1.807) is 0 Å². The van der Waals surface area contributed by atoms with Crippen LogP contribution in [-0.2, 0) is 5.54 Å². The summed E-state index contributed by atoms with van der Waals surface area (Å²) in [5.74, 6) is 0. The third kappa shape index (κ3) is 3.40. The van der Waals surface area contributed by atoms with Crippen LogP contribution in [0, 0.1) is 0 Å². The second kappa shape index (κ2) is 5.48. The van der Waals surface area contributed by atoms with Crippen molar-refractivity contribution in [3.05, 3.63) is 35.9 Å². The summed E-state index contributed by atoms with van der Waals surface area (Å²) < 4.78 is 0. The minimum absolute atomic E-state index is 0.0520. The molecule has 0 spiro atoms. The summed E-state index contributed by atoms with van der Waals surface area (Å²) in [4.78, 5) is 3.74. The summed E-state index contributed by atoms with van der Waals surface area (Å²) in [6.07, 6.45) is 0. The molecule has 1 aromatic carbocycles. The van der Waals surface area contributed by atoms with Crippen LogP contribution in [-0.4, -0.2) is 19.9 Å². The first kappa shape index (κ1) is 11.7. The standard InChI is InChI=1S/C11H21NSi2/c1-11(2,12-14-9-8-13)10-6-4-3-5-7-10/h3-7,12H,8-9,14H2,1-2,13H3. The van der Waals surface area contributed by atoms with Gasteiger partial charge < -0.3 is 4.98 Å². The molecule has 1 nitrogen and oxygen atoms in total. The van der Waals surface area contributed by atoms with Gasteiger partial charge in [0.25, 0.3) is 0 Å². The molecule has 1 N–H and O–H groups in total. The van der Waals surface area contributed by atoms with Crippen LogP contribution in [0.25, 0.3) is 0 Å². The molecule has 3 heteroatoms. The van der Waals surface area contributed by atoms with Gasteiger partial charge in [-0.3, -0.25) is 0 Å². The maximum atomic E-state index is 3.74. The Morgan fingerprint density at radius 1 is 1.29 bits per heavy atom. The van der Waals surface area contributed by atoms with Gasteiger partial charge in [-0.1, -0.05) is 42.4 Å². The van der Waals surface area contributed by atoms with Crippen LogP contribution in [0.1, 0.15) is 19.4 Å². The van der Waals surface area contributed by atoms with E-state index in [2.05, 4.69) is 49.2 Å². The third-order valence-electron chi connectivity index (χ3n) is 2.59. The predicted molar refractivity (Wildman–Crippen MR) is 70.7 cm³/mol. The number of nitrogens with one attached hydrogen (secondary N) is 1. The van der Waals surface area contributed by atoms with Crippen molar-refractivity contribution in [1.29, 1.82) is 0 Å². The monoisotopic (exact) mass is 223 g/mol. The molecule has 0 aliphatic carbocycles. The van der Waals surface area contributed by atoms with E-state index in [1.807, 2.05) is 0 Å². The minimum Gasteiger partial charge on any atom is -0.334 e. The maximum absolute atomic E-state index is 3.74. The molecule has 14 heavy (non-hydrogen) atoms. The van der Waals surface area contributed by atoms with Gasteiger partial charge in [-0.05, 0) is 19.4 Å². The van der Waals surface area contributed by atoms with E-state index >= 15 is 0 Å². The molecular formula is C11H21NSi2. The Balaban J connectivity index is 2.56. The van der Waals surface area contributed by atoms with E-state index in [-0.39, 0.29) is 15.2 Å². The van der Waals surface area contributed by atoms with E-state index in [0.717, 1.165) is 0 Å². The Labute approximate surface area is 92.6 Å². The summed E-state index contributed by atoms with van der Waals surface area (Å²) in [7, 11) is 1.30. The number of benzene rings is 1. The summed E-state index contributed by atoms with van der Waals surface area (Å²) in [6, 6.07) is 13.6. The average molecular weight is 223 g/mol. The van der Waals surface area contributed by atoms with Gasteiger partial charge in [0.1, 0.15) is 0 Å². The van der Waals surface area contributed by atoms with Gasteiger partial charge in [-0.15, -0.1) is 0 Å². The smallest absolute Gasteiger partial charge is 0.0922 e. The first-order valence-corrected chi connectivity index (χ1v) is 8.59. The van der Waals surface area contributed by atoms with E-state index in [1.165, 1.54) is 27.9 Å². The van der Waals surface area contributed by atoms with Gasteiger partial charge in [0.05, 0.1) is 9.68 Å². The van der Waals surface area contributed by atoms with Crippen molar-refractivity contribution in [3.63, 3.8) is 0 Å². The number of rotatable bonds is 5. The van der Waals surface area contributed by atoms with Gasteiger partial charge in [-0.25, -0.2) is 0 Å². The molecule has 1 aromatic rings. The first-order valence-electron chi connectivity index (χ1n) is 5.47. The summed E-state index contributed by atoms with van der Waals surface area (Å²) in [5, 5.41) is 0. The minimum atomic E-state index is -0.0520. The summed E-state index contributed by atoms with van der Waals surface area (Å²) >= 11 is 0. The van der Waals surface area contributed by atoms with Crippen LogP contribution < -0.4 is 4.98 Å². The van der Waals surface area contributed by atoms with Crippen LogP contribution in [0.15, 0.2) is 30.3 Å². The molecular weight excluding hydrogens is 202 g/mol. The average Bonchev–Trinajstić information content (AvgIpc) is 2.19. The third-order valence-corrected chi connectivity index (χ3v) is 6.91. The Kier molecular flexibility index (Phi) is 4.58.